The highest BCUT2D eigenvalue weighted by Crippen LogP contribution is 2.35. The SMILES string of the molecule is CN1C(=N)N[C@](C)(c2ccc3[nH]nc(CCC4CC4)c3c2)CC1=O. The van der Waals surface area contributed by atoms with Gasteiger partial charge >= 0.3 is 0 Å². The molecule has 4 rings (SSSR count). The van der Waals surface area contributed by atoms with Crippen molar-refractivity contribution in [2.45, 2.75) is 44.6 Å². The maximum atomic E-state index is 12.2. The first kappa shape index (κ1) is 15.2. The molecule has 0 bridgehead atoms. The van der Waals surface area contributed by atoms with Gasteiger partial charge in [0.25, 0.3) is 0 Å². The number of aromatic nitrogens is 2. The molecule has 0 unspecified atom stereocenters. The van der Waals surface area contributed by atoms with Crippen LogP contribution < -0.4 is 5.32 Å². The number of hydrogen-bond acceptors (Lipinski definition) is 3. The Labute approximate surface area is 141 Å². The van der Waals surface area contributed by atoms with Crippen LogP contribution in [-0.4, -0.2) is 34.0 Å². The van der Waals surface area contributed by atoms with Crippen molar-refractivity contribution in [3.63, 3.8) is 0 Å². The quantitative estimate of drug-likeness (QED) is 0.807. The lowest BCUT2D eigenvalue weighted by Crippen LogP contribution is -2.58. The maximum absolute atomic E-state index is 12.2. The minimum atomic E-state index is -0.556. The zero-order valence-corrected chi connectivity index (χ0v) is 14.1. The van der Waals surface area contributed by atoms with Gasteiger partial charge in [-0.1, -0.05) is 18.9 Å². The van der Waals surface area contributed by atoms with Crippen LogP contribution in [0.2, 0.25) is 0 Å². The highest BCUT2D eigenvalue weighted by atomic mass is 16.2. The number of carbonyl (C=O) groups is 1. The fourth-order valence-corrected chi connectivity index (χ4v) is 3.46. The molecule has 2 aromatic rings. The van der Waals surface area contributed by atoms with E-state index in [9.17, 15) is 4.79 Å². The van der Waals surface area contributed by atoms with E-state index in [1.807, 2.05) is 19.1 Å². The molecule has 126 valence electrons. The van der Waals surface area contributed by atoms with Crippen LogP contribution in [0.1, 0.15) is 43.9 Å². The number of nitrogens with zero attached hydrogens (tertiary/aromatic N) is 2. The fourth-order valence-electron chi connectivity index (χ4n) is 3.46. The number of guanidine groups is 1. The van der Waals surface area contributed by atoms with Crippen LogP contribution in [-0.2, 0) is 16.8 Å². The van der Waals surface area contributed by atoms with Gasteiger partial charge in [-0.05, 0) is 43.4 Å². The van der Waals surface area contributed by atoms with Gasteiger partial charge in [0.1, 0.15) is 0 Å². The number of nitrogens with one attached hydrogen (secondary N) is 3. The van der Waals surface area contributed by atoms with E-state index in [-0.39, 0.29) is 11.9 Å². The summed E-state index contributed by atoms with van der Waals surface area (Å²) >= 11 is 0. The van der Waals surface area contributed by atoms with E-state index in [1.165, 1.54) is 24.2 Å². The van der Waals surface area contributed by atoms with Crippen molar-refractivity contribution >= 4 is 22.8 Å². The average molecular weight is 325 g/mol. The Balaban J connectivity index is 1.67. The van der Waals surface area contributed by atoms with Crippen molar-refractivity contribution in [3.05, 3.63) is 29.5 Å². The molecule has 6 nitrogen and oxygen atoms in total. The number of rotatable bonds is 4. The van der Waals surface area contributed by atoms with Crippen LogP contribution in [0.25, 0.3) is 10.9 Å². The Bertz CT molecular complexity index is 802. The van der Waals surface area contributed by atoms with Crippen molar-refractivity contribution in [3.8, 4) is 0 Å². The summed E-state index contributed by atoms with van der Waals surface area (Å²) in [7, 11) is 1.63. The lowest BCUT2D eigenvalue weighted by atomic mass is 9.86. The third kappa shape index (κ3) is 2.56. The average Bonchev–Trinajstić information content (AvgIpc) is 3.29. The third-order valence-electron chi connectivity index (χ3n) is 5.37. The van der Waals surface area contributed by atoms with E-state index in [2.05, 4.69) is 21.6 Å². The molecule has 1 aliphatic heterocycles. The molecule has 0 radical (unpaired) electrons. The summed E-state index contributed by atoms with van der Waals surface area (Å²) in [6.45, 7) is 1.98. The van der Waals surface area contributed by atoms with Crippen molar-refractivity contribution in [2.24, 2.45) is 5.92 Å². The van der Waals surface area contributed by atoms with Gasteiger partial charge in [0.05, 0.1) is 23.2 Å². The number of aryl methyl sites for hydroxylation is 1. The molecule has 6 heteroatoms. The number of carbonyl (C=O) groups excluding carboxylic acids is 1. The summed E-state index contributed by atoms with van der Waals surface area (Å²) in [5, 5.41) is 19.9. The number of amides is 1. The van der Waals surface area contributed by atoms with Gasteiger partial charge in [-0.3, -0.25) is 20.2 Å². The van der Waals surface area contributed by atoms with Gasteiger partial charge in [0, 0.05) is 12.4 Å². The predicted molar refractivity (Wildman–Crippen MR) is 92.7 cm³/mol. The molecule has 0 spiro atoms. The largest absolute Gasteiger partial charge is 0.346 e. The van der Waals surface area contributed by atoms with Crippen LogP contribution in [0.15, 0.2) is 18.2 Å². The highest BCUT2D eigenvalue weighted by molar-refractivity contribution is 5.99. The zero-order valence-electron chi connectivity index (χ0n) is 14.1. The maximum Gasteiger partial charge on any atom is 0.231 e. The van der Waals surface area contributed by atoms with Crippen molar-refractivity contribution < 1.29 is 4.79 Å². The van der Waals surface area contributed by atoms with Crippen LogP contribution in [0.5, 0.6) is 0 Å². The van der Waals surface area contributed by atoms with Gasteiger partial charge in [-0.2, -0.15) is 5.10 Å². The Morgan fingerprint density at radius 2 is 2.21 bits per heavy atom. The van der Waals surface area contributed by atoms with E-state index in [0.29, 0.717) is 6.42 Å². The standard InChI is InChI=1S/C18H23N5O/c1-18(10-16(24)23(2)17(19)20-18)12-6-8-15-13(9-12)14(21-22-15)7-5-11-3-4-11/h6,8-9,11H,3-5,7,10H2,1-2H3,(H2,19,20)(H,21,22)/t18-/m0/s1. The number of fused-ring (bicyclic) bond motifs is 1. The molecule has 1 saturated heterocycles. The summed E-state index contributed by atoms with van der Waals surface area (Å²) in [5.74, 6) is 0.989. The monoisotopic (exact) mass is 325 g/mol. The molecule has 1 saturated carbocycles. The van der Waals surface area contributed by atoms with Gasteiger partial charge in [-0.25, -0.2) is 0 Å². The Kier molecular flexibility index (Phi) is 3.37. The van der Waals surface area contributed by atoms with Crippen molar-refractivity contribution in [1.29, 1.82) is 5.41 Å². The van der Waals surface area contributed by atoms with Crippen LogP contribution in [0.3, 0.4) is 0 Å². The molecule has 24 heavy (non-hydrogen) atoms. The summed E-state index contributed by atoms with van der Waals surface area (Å²) in [6, 6.07) is 6.17. The number of aromatic amines is 1. The lowest BCUT2D eigenvalue weighted by Gasteiger charge is -2.39. The second kappa shape index (κ2) is 5.33. The Morgan fingerprint density at radius 3 is 2.92 bits per heavy atom. The number of hydrogen-bond donors (Lipinski definition) is 3. The van der Waals surface area contributed by atoms with Crippen molar-refractivity contribution in [1.82, 2.24) is 20.4 Å². The minimum Gasteiger partial charge on any atom is -0.346 e. The predicted octanol–water partition coefficient (Wildman–Crippen LogP) is 2.51. The van der Waals surface area contributed by atoms with E-state index in [4.69, 9.17) is 5.41 Å². The minimum absolute atomic E-state index is 0.0394. The molecule has 2 heterocycles. The summed E-state index contributed by atoms with van der Waals surface area (Å²) < 4.78 is 0. The lowest BCUT2D eigenvalue weighted by molar-refractivity contribution is -0.129. The first-order chi connectivity index (χ1) is 11.5. The zero-order chi connectivity index (χ0) is 16.9. The molecule has 3 N–H and O–H groups in total. The van der Waals surface area contributed by atoms with Gasteiger partial charge < -0.3 is 5.32 Å². The molecular weight excluding hydrogens is 302 g/mol. The third-order valence-corrected chi connectivity index (χ3v) is 5.37. The molecule has 2 fully saturated rings. The molecular formula is C18H23N5O. The molecule has 1 aromatic carbocycles. The number of H-pyrrole nitrogens is 1. The fraction of sp³-hybridized carbons (Fsp3) is 0.500. The topological polar surface area (TPSA) is 84.9 Å². The Morgan fingerprint density at radius 1 is 1.42 bits per heavy atom. The van der Waals surface area contributed by atoms with E-state index >= 15 is 0 Å². The van der Waals surface area contributed by atoms with Gasteiger partial charge in [0.2, 0.25) is 5.91 Å². The molecule has 1 atom stereocenters. The second-order valence-corrected chi connectivity index (χ2v) is 7.35. The first-order valence-corrected chi connectivity index (χ1v) is 8.57. The van der Waals surface area contributed by atoms with E-state index < -0.39 is 5.54 Å². The van der Waals surface area contributed by atoms with E-state index in [0.717, 1.165) is 34.5 Å². The second-order valence-electron chi connectivity index (χ2n) is 7.35. The van der Waals surface area contributed by atoms with E-state index in [1.54, 1.807) is 7.05 Å². The first-order valence-electron chi connectivity index (χ1n) is 8.57. The number of benzene rings is 1. The smallest absolute Gasteiger partial charge is 0.231 e. The summed E-state index contributed by atoms with van der Waals surface area (Å²) in [4.78, 5) is 13.5. The summed E-state index contributed by atoms with van der Waals surface area (Å²) in [5.41, 5.74) is 2.61. The molecule has 1 aromatic heterocycles. The molecule has 2 aliphatic rings. The van der Waals surface area contributed by atoms with Crippen LogP contribution in [0.4, 0.5) is 0 Å². The molecule has 1 amide bonds. The summed E-state index contributed by atoms with van der Waals surface area (Å²) in [6.07, 6.45) is 5.25. The van der Waals surface area contributed by atoms with Crippen molar-refractivity contribution in [2.75, 3.05) is 7.05 Å². The highest BCUT2D eigenvalue weighted by Gasteiger charge is 2.38. The Hall–Kier alpha value is -2.37. The molecule has 1 aliphatic carbocycles. The normalized spacial score (nSPS) is 24.5. The van der Waals surface area contributed by atoms with Crippen LogP contribution >= 0.6 is 0 Å². The van der Waals surface area contributed by atoms with Crippen LogP contribution in [0, 0.1) is 11.3 Å². The van der Waals surface area contributed by atoms with Gasteiger partial charge in [0.15, 0.2) is 5.96 Å². The van der Waals surface area contributed by atoms with Gasteiger partial charge in [-0.15, -0.1) is 0 Å².